The monoisotopic (exact) mass is 213 g/mol. The second-order valence-electron chi connectivity index (χ2n) is 4.92. The Labute approximate surface area is 92.2 Å². The van der Waals surface area contributed by atoms with Crippen LogP contribution in [-0.4, -0.2) is 73.4 Å². The molecule has 2 aliphatic heterocycles. The predicted molar refractivity (Wildman–Crippen MR) is 61.0 cm³/mol. The Morgan fingerprint density at radius 1 is 1.13 bits per heavy atom. The minimum Gasteiger partial charge on any atom is -0.394 e. The van der Waals surface area contributed by atoms with Gasteiger partial charge in [-0.05, 0) is 33.0 Å². The Morgan fingerprint density at radius 2 is 1.73 bits per heavy atom. The summed E-state index contributed by atoms with van der Waals surface area (Å²) in [4.78, 5) is 4.85. The van der Waals surface area contributed by atoms with Crippen molar-refractivity contribution in [3.63, 3.8) is 0 Å². The van der Waals surface area contributed by atoms with E-state index in [9.17, 15) is 5.11 Å². The molecule has 0 spiro atoms. The fourth-order valence-electron chi connectivity index (χ4n) is 2.75. The van der Waals surface area contributed by atoms with Crippen LogP contribution in [0.25, 0.3) is 0 Å². The first-order valence-corrected chi connectivity index (χ1v) is 6.02. The van der Waals surface area contributed by atoms with E-state index in [2.05, 4.69) is 22.2 Å². The van der Waals surface area contributed by atoms with Crippen LogP contribution in [0, 0.1) is 0 Å². The van der Waals surface area contributed by atoms with E-state index in [1.54, 1.807) is 0 Å². The van der Waals surface area contributed by atoms with Crippen molar-refractivity contribution in [1.82, 2.24) is 15.1 Å². The van der Waals surface area contributed by atoms with Gasteiger partial charge in [-0.15, -0.1) is 0 Å². The zero-order valence-corrected chi connectivity index (χ0v) is 9.71. The standard InChI is InChI=1S/C11H23N3O/c1-13-6-2-11(10-15,3-7-13)14-8-4-12-5-9-14/h12,15H,2-10H2,1H3. The Kier molecular flexibility index (Phi) is 3.61. The number of rotatable bonds is 2. The molecule has 0 aromatic rings. The first-order valence-electron chi connectivity index (χ1n) is 6.02. The largest absolute Gasteiger partial charge is 0.394 e. The van der Waals surface area contributed by atoms with Crippen molar-refractivity contribution >= 4 is 0 Å². The van der Waals surface area contributed by atoms with E-state index in [4.69, 9.17) is 0 Å². The van der Waals surface area contributed by atoms with Gasteiger partial charge in [0, 0.05) is 31.7 Å². The molecular formula is C11H23N3O. The van der Waals surface area contributed by atoms with Crippen LogP contribution in [0.15, 0.2) is 0 Å². The van der Waals surface area contributed by atoms with Gasteiger partial charge in [-0.2, -0.15) is 0 Å². The van der Waals surface area contributed by atoms with Crippen LogP contribution in [0.1, 0.15) is 12.8 Å². The van der Waals surface area contributed by atoms with Gasteiger partial charge >= 0.3 is 0 Å². The third-order valence-electron chi connectivity index (χ3n) is 4.00. The molecule has 2 fully saturated rings. The molecule has 2 saturated heterocycles. The van der Waals surface area contributed by atoms with Crippen molar-refractivity contribution in [3.05, 3.63) is 0 Å². The van der Waals surface area contributed by atoms with Crippen molar-refractivity contribution in [2.45, 2.75) is 18.4 Å². The van der Waals surface area contributed by atoms with Gasteiger partial charge < -0.3 is 15.3 Å². The summed E-state index contributed by atoms with van der Waals surface area (Å²) in [5.74, 6) is 0. The molecule has 0 amide bonds. The molecule has 0 bridgehead atoms. The number of hydrogen-bond donors (Lipinski definition) is 2. The molecule has 4 nitrogen and oxygen atoms in total. The highest BCUT2D eigenvalue weighted by Gasteiger charge is 2.38. The van der Waals surface area contributed by atoms with Crippen LogP contribution in [0.2, 0.25) is 0 Å². The fraction of sp³-hybridized carbons (Fsp3) is 1.00. The highest BCUT2D eigenvalue weighted by Crippen LogP contribution is 2.28. The minimum atomic E-state index is 0.0780. The van der Waals surface area contributed by atoms with E-state index >= 15 is 0 Å². The van der Waals surface area contributed by atoms with Crippen molar-refractivity contribution < 1.29 is 5.11 Å². The number of aliphatic hydroxyl groups is 1. The number of nitrogens with one attached hydrogen (secondary N) is 1. The fourth-order valence-corrected chi connectivity index (χ4v) is 2.75. The van der Waals surface area contributed by atoms with Crippen molar-refractivity contribution in [1.29, 1.82) is 0 Å². The van der Waals surface area contributed by atoms with Crippen LogP contribution in [0.3, 0.4) is 0 Å². The van der Waals surface area contributed by atoms with Crippen molar-refractivity contribution in [2.75, 3.05) is 52.9 Å². The van der Waals surface area contributed by atoms with E-state index in [1.807, 2.05) is 0 Å². The van der Waals surface area contributed by atoms with Crippen molar-refractivity contribution in [3.8, 4) is 0 Å². The lowest BCUT2D eigenvalue weighted by atomic mass is 9.86. The quantitative estimate of drug-likeness (QED) is 0.639. The highest BCUT2D eigenvalue weighted by atomic mass is 16.3. The first kappa shape index (κ1) is 11.3. The second kappa shape index (κ2) is 4.78. The van der Waals surface area contributed by atoms with E-state index < -0.39 is 0 Å². The van der Waals surface area contributed by atoms with E-state index in [1.165, 1.54) is 0 Å². The van der Waals surface area contributed by atoms with Crippen LogP contribution in [0.5, 0.6) is 0 Å². The maximum atomic E-state index is 9.70. The predicted octanol–water partition coefficient (Wildman–Crippen LogP) is -0.652. The highest BCUT2D eigenvalue weighted by molar-refractivity contribution is 4.95. The van der Waals surface area contributed by atoms with Crippen LogP contribution >= 0.6 is 0 Å². The number of piperidine rings is 1. The maximum absolute atomic E-state index is 9.70. The number of nitrogens with zero attached hydrogens (tertiary/aromatic N) is 2. The van der Waals surface area contributed by atoms with Gasteiger partial charge in [0.2, 0.25) is 0 Å². The van der Waals surface area contributed by atoms with Gasteiger partial charge in [-0.3, -0.25) is 4.90 Å². The molecule has 0 unspecified atom stereocenters. The Hall–Kier alpha value is -0.160. The van der Waals surface area contributed by atoms with E-state index in [0.29, 0.717) is 6.61 Å². The molecule has 0 saturated carbocycles. The molecule has 4 heteroatoms. The smallest absolute Gasteiger partial charge is 0.0616 e. The number of hydrogen-bond acceptors (Lipinski definition) is 4. The topological polar surface area (TPSA) is 38.7 Å². The molecule has 2 aliphatic rings. The Bertz CT molecular complexity index is 196. The summed E-state index contributed by atoms with van der Waals surface area (Å²) < 4.78 is 0. The summed E-state index contributed by atoms with van der Waals surface area (Å²) >= 11 is 0. The molecule has 2 rings (SSSR count). The summed E-state index contributed by atoms with van der Waals surface area (Å²) in [7, 11) is 2.17. The second-order valence-corrected chi connectivity index (χ2v) is 4.92. The lowest BCUT2D eigenvalue weighted by Crippen LogP contribution is -2.61. The summed E-state index contributed by atoms with van der Waals surface area (Å²) in [5, 5.41) is 13.1. The van der Waals surface area contributed by atoms with Gasteiger partial charge in [0.1, 0.15) is 0 Å². The summed E-state index contributed by atoms with van der Waals surface area (Å²) in [6.07, 6.45) is 2.22. The molecule has 0 aliphatic carbocycles. The van der Waals surface area contributed by atoms with Gasteiger partial charge in [-0.1, -0.05) is 0 Å². The number of piperazine rings is 1. The number of likely N-dealkylation sites (tertiary alicyclic amines) is 1. The third kappa shape index (κ3) is 2.33. The molecule has 0 radical (unpaired) electrons. The average Bonchev–Trinajstić information content (AvgIpc) is 2.32. The average molecular weight is 213 g/mol. The Balaban J connectivity index is 2.00. The van der Waals surface area contributed by atoms with Crippen LogP contribution < -0.4 is 5.32 Å². The normalized spacial score (nSPS) is 29.2. The van der Waals surface area contributed by atoms with Gasteiger partial charge in [0.25, 0.3) is 0 Å². The van der Waals surface area contributed by atoms with Gasteiger partial charge in [0.05, 0.1) is 6.61 Å². The van der Waals surface area contributed by atoms with E-state index in [-0.39, 0.29) is 5.54 Å². The molecule has 2 N–H and O–H groups in total. The molecule has 0 atom stereocenters. The zero-order chi connectivity index (χ0) is 10.7. The molecule has 88 valence electrons. The SMILES string of the molecule is CN1CCC(CO)(N2CCNCC2)CC1. The first-order chi connectivity index (χ1) is 7.27. The van der Waals surface area contributed by atoms with Crippen molar-refractivity contribution in [2.24, 2.45) is 0 Å². The molecule has 2 heterocycles. The third-order valence-corrected chi connectivity index (χ3v) is 4.00. The summed E-state index contributed by atoms with van der Waals surface area (Å²) in [6, 6.07) is 0. The van der Waals surface area contributed by atoms with Crippen LogP contribution in [-0.2, 0) is 0 Å². The maximum Gasteiger partial charge on any atom is 0.0616 e. The molecule has 15 heavy (non-hydrogen) atoms. The number of aliphatic hydroxyl groups excluding tert-OH is 1. The van der Waals surface area contributed by atoms with Crippen LogP contribution in [0.4, 0.5) is 0 Å². The Morgan fingerprint density at radius 3 is 2.27 bits per heavy atom. The molecular weight excluding hydrogens is 190 g/mol. The van der Waals surface area contributed by atoms with Gasteiger partial charge in [-0.25, -0.2) is 0 Å². The zero-order valence-electron chi connectivity index (χ0n) is 9.71. The van der Waals surface area contributed by atoms with E-state index in [0.717, 1.165) is 52.1 Å². The lowest BCUT2D eigenvalue weighted by molar-refractivity contribution is -0.0208. The molecule has 0 aromatic carbocycles. The lowest BCUT2D eigenvalue weighted by Gasteiger charge is -2.48. The van der Waals surface area contributed by atoms with Gasteiger partial charge in [0.15, 0.2) is 0 Å². The summed E-state index contributed by atoms with van der Waals surface area (Å²) in [5.41, 5.74) is 0.0780. The minimum absolute atomic E-state index is 0.0780. The summed E-state index contributed by atoms with van der Waals surface area (Å²) in [6.45, 7) is 6.86. The molecule has 0 aromatic heterocycles.